The van der Waals surface area contributed by atoms with E-state index >= 15 is 0 Å². The van der Waals surface area contributed by atoms with Gasteiger partial charge in [0.05, 0.1) is 0 Å². The third-order valence-corrected chi connectivity index (χ3v) is 5.53. The number of allylic oxidation sites excluding steroid dienone is 2. The minimum Gasteiger partial charge on any atom is -0.295 e. The van der Waals surface area contributed by atoms with Crippen LogP contribution in [-0.2, 0) is 4.79 Å². The van der Waals surface area contributed by atoms with Crippen LogP contribution < -0.4 is 0 Å². The first-order valence-corrected chi connectivity index (χ1v) is 7.13. The van der Waals surface area contributed by atoms with Crippen molar-refractivity contribution in [3.63, 3.8) is 0 Å². The summed E-state index contributed by atoms with van der Waals surface area (Å²) in [5.74, 6) is 1.97. The summed E-state index contributed by atoms with van der Waals surface area (Å²) in [6.07, 6.45) is 9.19. The zero-order valence-corrected chi connectivity index (χ0v) is 11.4. The minimum absolute atomic E-state index is 0.373. The van der Waals surface area contributed by atoms with Crippen LogP contribution in [0.25, 0.3) is 0 Å². The fourth-order valence-electron chi connectivity index (χ4n) is 5.07. The Bertz CT molecular complexity index is 390. The molecule has 2 saturated carbocycles. The molecule has 0 spiro atoms. The molecule has 3 rings (SSSR count). The van der Waals surface area contributed by atoms with Gasteiger partial charge in [0.25, 0.3) is 0 Å². The molecular formula is C16H24O. The Hall–Kier alpha value is -0.590. The van der Waals surface area contributed by atoms with Crippen molar-refractivity contribution in [2.24, 2.45) is 22.7 Å². The third kappa shape index (κ3) is 1.78. The van der Waals surface area contributed by atoms with Crippen LogP contribution in [0.1, 0.15) is 59.3 Å². The third-order valence-electron chi connectivity index (χ3n) is 5.53. The fraction of sp³-hybridized carbons (Fsp3) is 0.812. The summed E-state index contributed by atoms with van der Waals surface area (Å²) in [6.45, 7) is 7.30. The zero-order valence-electron chi connectivity index (χ0n) is 11.4. The molecule has 0 bridgehead atoms. The average Bonchev–Trinajstić information content (AvgIpc) is 2.45. The van der Waals surface area contributed by atoms with Crippen molar-refractivity contribution in [1.82, 2.24) is 0 Å². The smallest absolute Gasteiger partial charge is 0.155 e. The van der Waals surface area contributed by atoms with Crippen LogP contribution in [-0.4, -0.2) is 5.78 Å². The monoisotopic (exact) mass is 232 g/mol. The fourth-order valence-corrected chi connectivity index (χ4v) is 5.07. The molecule has 94 valence electrons. The number of carbonyl (C=O) groups is 1. The van der Waals surface area contributed by atoms with Crippen molar-refractivity contribution >= 4 is 5.78 Å². The predicted molar refractivity (Wildman–Crippen MR) is 69.7 cm³/mol. The molecule has 2 fully saturated rings. The maximum atomic E-state index is 11.6. The van der Waals surface area contributed by atoms with Crippen molar-refractivity contribution in [1.29, 1.82) is 0 Å². The van der Waals surface area contributed by atoms with Crippen LogP contribution in [0.3, 0.4) is 0 Å². The average molecular weight is 232 g/mol. The van der Waals surface area contributed by atoms with E-state index in [1.165, 1.54) is 31.3 Å². The van der Waals surface area contributed by atoms with E-state index in [9.17, 15) is 4.79 Å². The van der Waals surface area contributed by atoms with Crippen molar-refractivity contribution < 1.29 is 4.79 Å². The Labute approximate surface area is 105 Å². The standard InChI is InChI=1S/C16H24O/c1-15(2)7-6-14-13-5-4-12(17)8-11(13)9-16(14,3)10-15/h8,13-14H,4-7,9-10H2,1-3H3/t13?,14-,16-/m0/s1. The molecular weight excluding hydrogens is 208 g/mol. The molecule has 0 aliphatic heterocycles. The summed E-state index contributed by atoms with van der Waals surface area (Å²) >= 11 is 0. The molecule has 0 radical (unpaired) electrons. The molecule has 17 heavy (non-hydrogen) atoms. The van der Waals surface area contributed by atoms with E-state index in [2.05, 4.69) is 20.8 Å². The molecule has 0 amide bonds. The lowest BCUT2D eigenvalue weighted by atomic mass is 9.59. The normalized spacial score (nSPS) is 43.9. The summed E-state index contributed by atoms with van der Waals surface area (Å²) < 4.78 is 0. The second-order valence-corrected chi connectivity index (χ2v) is 7.65. The van der Waals surface area contributed by atoms with E-state index in [1.807, 2.05) is 6.08 Å². The Kier molecular flexibility index (Phi) is 2.34. The van der Waals surface area contributed by atoms with Gasteiger partial charge in [-0.25, -0.2) is 0 Å². The molecule has 3 atom stereocenters. The van der Waals surface area contributed by atoms with E-state index in [1.54, 1.807) is 0 Å². The largest absolute Gasteiger partial charge is 0.295 e. The van der Waals surface area contributed by atoms with E-state index in [-0.39, 0.29) is 0 Å². The molecule has 0 aromatic heterocycles. The van der Waals surface area contributed by atoms with Gasteiger partial charge in [-0.05, 0) is 60.8 Å². The van der Waals surface area contributed by atoms with Gasteiger partial charge >= 0.3 is 0 Å². The van der Waals surface area contributed by atoms with Gasteiger partial charge in [0.1, 0.15) is 0 Å². The Morgan fingerprint density at radius 1 is 1.24 bits per heavy atom. The molecule has 1 nitrogen and oxygen atoms in total. The molecule has 0 aromatic carbocycles. The van der Waals surface area contributed by atoms with Gasteiger partial charge in [-0.1, -0.05) is 26.3 Å². The molecule has 1 unspecified atom stereocenters. The van der Waals surface area contributed by atoms with Gasteiger partial charge in [-0.2, -0.15) is 0 Å². The second kappa shape index (κ2) is 3.46. The Balaban J connectivity index is 1.93. The van der Waals surface area contributed by atoms with Crippen LogP contribution in [0.2, 0.25) is 0 Å². The highest BCUT2D eigenvalue weighted by Crippen LogP contribution is 2.62. The van der Waals surface area contributed by atoms with E-state index in [4.69, 9.17) is 0 Å². The Morgan fingerprint density at radius 2 is 2.00 bits per heavy atom. The molecule has 0 aromatic rings. The lowest BCUT2D eigenvalue weighted by Gasteiger charge is -2.46. The first kappa shape index (κ1) is 11.5. The van der Waals surface area contributed by atoms with Crippen molar-refractivity contribution in [3.05, 3.63) is 11.6 Å². The number of carbonyl (C=O) groups excluding carboxylic acids is 1. The van der Waals surface area contributed by atoms with Crippen molar-refractivity contribution in [3.8, 4) is 0 Å². The van der Waals surface area contributed by atoms with E-state index < -0.39 is 0 Å². The van der Waals surface area contributed by atoms with Crippen LogP contribution in [0, 0.1) is 22.7 Å². The highest BCUT2D eigenvalue weighted by atomic mass is 16.1. The molecule has 3 aliphatic rings. The van der Waals surface area contributed by atoms with Gasteiger partial charge < -0.3 is 0 Å². The van der Waals surface area contributed by atoms with E-state index in [0.29, 0.717) is 16.6 Å². The second-order valence-electron chi connectivity index (χ2n) is 7.65. The number of fused-ring (bicyclic) bond motifs is 3. The highest BCUT2D eigenvalue weighted by Gasteiger charge is 2.52. The number of ketones is 1. The maximum Gasteiger partial charge on any atom is 0.155 e. The summed E-state index contributed by atoms with van der Waals surface area (Å²) in [7, 11) is 0. The summed E-state index contributed by atoms with van der Waals surface area (Å²) in [4.78, 5) is 11.6. The quantitative estimate of drug-likeness (QED) is 0.614. The van der Waals surface area contributed by atoms with Gasteiger partial charge in [-0.3, -0.25) is 4.79 Å². The first-order valence-electron chi connectivity index (χ1n) is 7.13. The first-order chi connectivity index (χ1) is 7.90. The summed E-state index contributed by atoms with van der Waals surface area (Å²) in [5, 5.41) is 0. The highest BCUT2D eigenvalue weighted by molar-refractivity contribution is 5.91. The molecule has 0 heterocycles. The maximum absolute atomic E-state index is 11.6. The van der Waals surface area contributed by atoms with Gasteiger partial charge in [0, 0.05) is 6.42 Å². The minimum atomic E-state index is 0.373. The van der Waals surface area contributed by atoms with Crippen LogP contribution in [0.4, 0.5) is 0 Å². The van der Waals surface area contributed by atoms with Crippen LogP contribution >= 0.6 is 0 Å². The number of hydrogen-bond donors (Lipinski definition) is 0. The molecule has 0 saturated heterocycles. The van der Waals surface area contributed by atoms with Gasteiger partial charge in [0.15, 0.2) is 5.78 Å². The Morgan fingerprint density at radius 3 is 2.76 bits per heavy atom. The van der Waals surface area contributed by atoms with Gasteiger partial charge in [-0.15, -0.1) is 0 Å². The van der Waals surface area contributed by atoms with Crippen molar-refractivity contribution in [2.45, 2.75) is 59.3 Å². The van der Waals surface area contributed by atoms with E-state index in [0.717, 1.165) is 24.7 Å². The van der Waals surface area contributed by atoms with Crippen molar-refractivity contribution in [2.75, 3.05) is 0 Å². The molecule has 0 N–H and O–H groups in total. The summed E-state index contributed by atoms with van der Waals surface area (Å²) in [6, 6.07) is 0. The van der Waals surface area contributed by atoms with Crippen LogP contribution in [0.15, 0.2) is 11.6 Å². The number of rotatable bonds is 0. The zero-order chi connectivity index (χ0) is 12.3. The van der Waals surface area contributed by atoms with Crippen LogP contribution in [0.5, 0.6) is 0 Å². The molecule has 3 aliphatic carbocycles. The number of hydrogen-bond acceptors (Lipinski definition) is 1. The lowest BCUT2D eigenvalue weighted by molar-refractivity contribution is -0.115. The topological polar surface area (TPSA) is 17.1 Å². The van der Waals surface area contributed by atoms with Gasteiger partial charge in [0.2, 0.25) is 0 Å². The lowest BCUT2D eigenvalue weighted by Crippen LogP contribution is -2.37. The SMILES string of the molecule is CC1(C)CC[C@H]2C3CCC(=O)C=C3C[C@@]2(C)C1. The predicted octanol–water partition coefficient (Wildman–Crippen LogP) is 4.13. The summed E-state index contributed by atoms with van der Waals surface area (Å²) in [5.41, 5.74) is 2.47. The molecule has 1 heteroatoms.